The van der Waals surface area contributed by atoms with E-state index in [0.29, 0.717) is 12.2 Å². The average molecular weight is 388 g/mol. The highest BCUT2D eigenvalue weighted by molar-refractivity contribution is 7.98. The fourth-order valence-corrected chi connectivity index (χ4v) is 3.93. The largest absolute Gasteiger partial charge is 0.351 e. The lowest BCUT2D eigenvalue weighted by atomic mass is 10.3. The normalized spacial score (nSPS) is 15.8. The number of benzene rings is 1. The first-order valence-electron chi connectivity index (χ1n) is 9.63. The van der Waals surface area contributed by atoms with Gasteiger partial charge in [-0.2, -0.15) is 0 Å². The van der Waals surface area contributed by atoms with Gasteiger partial charge in [0.05, 0.1) is 6.20 Å². The summed E-state index contributed by atoms with van der Waals surface area (Å²) in [6.45, 7) is 9.62. The molecule has 0 radical (unpaired) electrons. The van der Waals surface area contributed by atoms with Gasteiger partial charge in [0.2, 0.25) is 0 Å². The summed E-state index contributed by atoms with van der Waals surface area (Å²) in [5.41, 5.74) is 1.54. The molecule has 1 aromatic carbocycles. The van der Waals surface area contributed by atoms with Crippen LogP contribution in [0.4, 0.5) is 0 Å². The third-order valence-electron chi connectivity index (χ3n) is 5.01. The van der Waals surface area contributed by atoms with Crippen LogP contribution in [0.5, 0.6) is 0 Å². The van der Waals surface area contributed by atoms with E-state index in [2.05, 4.69) is 27.0 Å². The van der Waals surface area contributed by atoms with Crippen molar-refractivity contribution in [3.63, 3.8) is 0 Å². The van der Waals surface area contributed by atoms with Crippen molar-refractivity contribution in [2.75, 3.05) is 52.1 Å². The molecular weight excluding hydrogens is 358 g/mol. The molecule has 0 bridgehead atoms. The van der Waals surface area contributed by atoms with E-state index in [1.807, 2.05) is 41.2 Å². The Kier molecular flexibility index (Phi) is 7.32. The fraction of sp³-hybridized carbons (Fsp3) is 0.500. The summed E-state index contributed by atoms with van der Waals surface area (Å²) >= 11 is 1.54. The molecule has 146 valence electrons. The van der Waals surface area contributed by atoms with E-state index in [1.165, 1.54) is 11.8 Å². The molecule has 2 heterocycles. The Morgan fingerprint density at radius 2 is 1.85 bits per heavy atom. The Balaban J connectivity index is 1.52. The van der Waals surface area contributed by atoms with E-state index in [0.717, 1.165) is 56.5 Å². The molecule has 1 fully saturated rings. The van der Waals surface area contributed by atoms with Gasteiger partial charge in [-0.05, 0) is 37.9 Å². The molecule has 1 N–H and O–H groups in total. The maximum absolute atomic E-state index is 12.7. The summed E-state index contributed by atoms with van der Waals surface area (Å²) < 4.78 is 1.92. The Hall–Kier alpha value is -1.83. The van der Waals surface area contributed by atoms with Crippen molar-refractivity contribution in [2.45, 2.75) is 18.5 Å². The van der Waals surface area contributed by atoms with Crippen molar-refractivity contribution >= 4 is 17.7 Å². The predicted molar refractivity (Wildman–Crippen MR) is 111 cm³/mol. The molecule has 1 aliphatic heterocycles. The third-order valence-corrected chi connectivity index (χ3v) is 5.66. The number of aromatic nitrogens is 2. The number of piperazine rings is 1. The number of hydrogen-bond acceptors (Lipinski definition) is 5. The van der Waals surface area contributed by atoms with Crippen LogP contribution in [0.2, 0.25) is 0 Å². The average Bonchev–Trinajstić information content (AvgIpc) is 3.16. The molecule has 1 aromatic heterocycles. The van der Waals surface area contributed by atoms with Crippen molar-refractivity contribution in [2.24, 2.45) is 0 Å². The van der Waals surface area contributed by atoms with E-state index in [-0.39, 0.29) is 5.91 Å². The standard InChI is InChI=1S/C20H29N5OS/c1-3-23-12-14-24(15-13-23)11-7-10-21-19(26)18-16-22-20(27-2)25(18)17-8-5-4-6-9-17/h4-6,8-9,16H,3,7,10-15H2,1-2H3,(H,21,26). The van der Waals surface area contributed by atoms with Gasteiger partial charge in [-0.3, -0.25) is 9.36 Å². The van der Waals surface area contributed by atoms with Gasteiger partial charge in [-0.1, -0.05) is 36.9 Å². The lowest BCUT2D eigenvalue weighted by Crippen LogP contribution is -2.46. The highest BCUT2D eigenvalue weighted by Gasteiger charge is 2.18. The molecular formula is C20H29N5OS. The molecule has 0 spiro atoms. The predicted octanol–water partition coefficient (Wildman–Crippen LogP) is 2.35. The van der Waals surface area contributed by atoms with Crippen LogP contribution in [0.15, 0.2) is 41.7 Å². The summed E-state index contributed by atoms with van der Waals surface area (Å²) in [7, 11) is 0. The molecule has 27 heavy (non-hydrogen) atoms. The maximum atomic E-state index is 12.7. The minimum absolute atomic E-state index is 0.0672. The minimum Gasteiger partial charge on any atom is -0.351 e. The van der Waals surface area contributed by atoms with Crippen LogP contribution >= 0.6 is 11.8 Å². The van der Waals surface area contributed by atoms with Crippen molar-refractivity contribution in [3.05, 3.63) is 42.2 Å². The van der Waals surface area contributed by atoms with E-state index in [9.17, 15) is 4.79 Å². The number of carbonyl (C=O) groups is 1. The zero-order valence-electron chi connectivity index (χ0n) is 16.2. The van der Waals surface area contributed by atoms with E-state index < -0.39 is 0 Å². The number of thioether (sulfide) groups is 1. The molecule has 0 unspecified atom stereocenters. The lowest BCUT2D eigenvalue weighted by molar-refractivity contribution is 0.0941. The van der Waals surface area contributed by atoms with Crippen LogP contribution in [0, 0.1) is 0 Å². The first kappa shape index (κ1) is 19.9. The second-order valence-electron chi connectivity index (χ2n) is 6.69. The van der Waals surface area contributed by atoms with Crippen LogP contribution in [-0.4, -0.2) is 77.3 Å². The Morgan fingerprint density at radius 3 is 2.52 bits per heavy atom. The quantitative estimate of drug-likeness (QED) is 0.557. The van der Waals surface area contributed by atoms with Gasteiger partial charge in [0, 0.05) is 38.4 Å². The summed E-state index contributed by atoms with van der Waals surface area (Å²) in [4.78, 5) is 22.1. The number of nitrogens with zero attached hydrogens (tertiary/aromatic N) is 4. The first-order valence-corrected chi connectivity index (χ1v) is 10.9. The van der Waals surface area contributed by atoms with Crippen molar-refractivity contribution < 1.29 is 4.79 Å². The van der Waals surface area contributed by atoms with Gasteiger partial charge in [0.15, 0.2) is 5.16 Å². The minimum atomic E-state index is -0.0672. The van der Waals surface area contributed by atoms with Gasteiger partial charge in [0.1, 0.15) is 5.69 Å². The Labute approximate surface area is 165 Å². The zero-order valence-corrected chi connectivity index (χ0v) is 17.0. The Morgan fingerprint density at radius 1 is 1.15 bits per heavy atom. The SMILES string of the molecule is CCN1CCN(CCCNC(=O)c2cnc(SC)n2-c2ccccc2)CC1. The summed E-state index contributed by atoms with van der Waals surface area (Å²) in [6.07, 6.45) is 4.60. The number of amides is 1. The fourth-order valence-electron chi connectivity index (χ4n) is 3.39. The smallest absolute Gasteiger partial charge is 0.269 e. The number of hydrogen-bond donors (Lipinski definition) is 1. The molecule has 1 saturated heterocycles. The van der Waals surface area contributed by atoms with Crippen molar-refractivity contribution in [1.29, 1.82) is 0 Å². The van der Waals surface area contributed by atoms with Crippen LogP contribution in [0.1, 0.15) is 23.8 Å². The zero-order chi connectivity index (χ0) is 19.1. The van der Waals surface area contributed by atoms with Gasteiger partial charge in [-0.25, -0.2) is 4.98 Å². The molecule has 0 atom stereocenters. The maximum Gasteiger partial charge on any atom is 0.269 e. The molecule has 1 aliphatic rings. The molecule has 3 rings (SSSR count). The molecule has 0 aliphatic carbocycles. The van der Waals surface area contributed by atoms with Gasteiger partial charge >= 0.3 is 0 Å². The summed E-state index contributed by atoms with van der Waals surface area (Å²) in [6, 6.07) is 9.90. The van der Waals surface area contributed by atoms with Crippen LogP contribution in [-0.2, 0) is 0 Å². The van der Waals surface area contributed by atoms with Crippen molar-refractivity contribution in [3.8, 4) is 5.69 Å². The first-order chi connectivity index (χ1) is 13.2. The molecule has 1 amide bonds. The monoisotopic (exact) mass is 387 g/mol. The Bertz CT molecular complexity index is 725. The lowest BCUT2D eigenvalue weighted by Gasteiger charge is -2.33. The number of rotatable bonds is 8. The second-order valence-corrected chi connectivity index (χ2v) is 7.46. The van der Waals surface area contributed by atoms with Crippen molar-refractivity contribution in [1.82, 2.24) is 24.7 Å². The third kappa shape index (κ3) is 5.12. The molecule has 6 nitrogen and oxygen atoms in total. The molecule has 0 saturated carbocycles. The summed E-state index contributed by atoms with van der Waals surface area (Å²) in [5, 5.41) is 3.88. The van der Waals surface area contributed by atoms with Gasteiger partial charge in [-0.15, -0.1) is 0 Å². The van der Waals surface area contributed by atoms with Crippen LogP contribution in [0.25, 0.3) is 5.69 Å². The van der Waals surface area contributed by atoms with E-state index in [4.69, 9.17) is 0 Å². The summed E-state index contributed by atoms with van der Waals surface area (Å²) in [5.74, 6) is -0.0672. The number of para-hydroxylation sites is 1. The molecule has 2 aromatic rings. The number of nitrogens with one attached hydrogen (secondary N) is 1. The highest BCUT2D eigenvalue weighted by atomic mass is 32.2. The van der Waals surface area contributed by atoms with Crippen LogP contribution in [0.3, 0.4) is 0 Å². The number of imidazole rings is 1. The second kappa shape index (κ2) is 9.92. The number of likely N-dealkylation sites (N-methyl/N-ethyl adjacent to an activating group) is 1. The molecule has 7 heteroatoms. The van der Waals surface area contributed by atoms with Crippen LogP contribution < -0.4 is 5.32 Å². The van der Waals surface area contributed by atoms with E-state index >= 15 is 0 Å². The number of carbonyl (C=O) groups excluding carboxylic acids is 1. The topological polar surface area (TPSA) is 53.4 Å². The van der Waals surface area contributed by atoms with Gasteiger partial charge < -0.3 is 15.1 Å². The highest BCUT2D eigenvalue weighted by Crippen LogP contribution is 2.21. The van der Waals surface area contributed by atoms with Gasteiger partial charge in [0.25, 0.3) is 5.91 Å². The van der Waals surface area contributed by atoms with E-state index in [1.54, 1.807) is 6.20 Å².